The molecule has 0 saturated heterocycles. The fourth-order valence-corrected chi connectivity index (χ4v) is 11.2. The second-order valence-corrected chi connectivity index (χ2v) is 26.7. The van der Waals surface area contributed by atoms with E-state index in [-0.39, 0.29) is 32.0 Å². The molecular formula is C71H136NO8P. The summed E-state index contributed by atoms with van der Waals surface area (Å²) in [7, 11) is 1.18. The molecule has 0 N–H and O–H groups in total. The van der Waals surface area contributed by atoms with Crippen molar-refractivity contribution in [1.82, 2.24) is 0 Å². The number of phosphoric acid groups is 1. The van der Waals surface area contributed by atoms with Gasteiger partial charge in [0.1, 0.15) is 19.8 Å². The first kappa shape index (κ1) is 79.2. The lowest BCUT2D eigenvalue weighted by atomic mass is 10.0. The second-order valence-electron chi connectivity index (χ2n) is 25.3. The summed E-state index contributed by atoms with van der Waals surface area (Å²) in [6, 6.07) is 0. The van der Waals surface area contributed by atoms with E-state index >= 15 is 0 Å². The maximum absolute atomic E-state index is 12.8. The van der Waals surface area contributed by atoms with Crippen LogP contribution in [0, 0.1) is 0 Å². The molecule has 0 aliphatic heterocycles. The van der Waals surface area contributed by atoms with E-state index in [2.05, 4.69) is 50.3 Å². The van der Waals surface area contributed by atoms with Gasteiger partial charge in [0.25, 0.3) is 7.82 Å². The minimum absolute atomic E-state index is 0.0299. The predicted molar refractivity (Wildman–Crippen MR) is 347 cm³/mol. The van der Waals surface area contributed by atoms with Crippen molar-refractivity contribution in [3.8, 4) is 0 Å². The van der Waals surface area contributed by atoms with Gasteiger partial charge in [0.05, 0.1) is 27.7 Å². The molecule has 0 aromatic carbocycles. The Balaban J connectivity index is 3.99. The molecule has 0 aliphatic rings. The lowest BCUT2D eigenvalue weighted by Crippen LogP contribution is -2.37. The molecule has 9 nitrogen and oxygen atoms in total. The van der Waals surface area contributed by atoms with Crippen LogP contribution in [0.3, 0.4) is 0 Å². The van der Waals surface area contributed by atoms with Gasteiger partial charge in [-0.25, -0.2) is 0 Å². The number of likely N-dealkylation sites (N-methyl/N-ethyl adjacent to an activating group) is 1. The van der Waals surface area contributed by atoms with Crippen molar-refractivity contribution in [3.63, 3.8) is 0 Å². The van der Waals surface area contributed by atoms with Gasteiger partial charge in [-0.1, -0.05) is 326 Å². The van der Waals surface area contributed by atoms with Crippen LogP contribution in [0.15, 0.2) is 36.5 Å². The van der Waals surface area contributed by atoms with E-state index in [0.717, 1.165) is 57.8 Å². The number of nitrogens with zero attached hydrogens (tertiary/aromatic N) is 1. The van der Waals surface area contributed by atoms with E-state index in [1.165, 1.54) is 263 Å². The van der Waals surface area contributed by atoms with E-state index in [1.807, 2.05) is 21.1 Å². The lowest BCUT2D eigenvalue weighted by Gasteiger charge is -2.28. The molecule has 0 saturated carbocycles. The Labute approximate surface area is 503 Å². The maximum atomic E-state index is 12.8. The van der Waals surface area contributed by atoms with Gasteiger partial charge in [0, 0.05) is 12.8 Å². The van der Waals surface area contributed by atoms with Crippen molar-refractivity contribution in [3.05, 3.63) is 36.5 Å². The molecule has 0 amide bonds. The average Bonchev–Trinajstić information content (AvgIpc) is 3.43. The molecule has 0 aromatic heterocycles. The molecule has 0 rings (SSSR count). The zero-order valence-corrected chi connectivity index (χ0v) is 55.4. The Morgan fingerprint density at radius 3 is 0.988 bits per heavy atom. The van der Waals surface area contributed by atoms with Crippen LogP contribution in [-0.4, -0.2) is 70.0 Å². The first-order valence-corrected chi connectivity index (χ1v) is 36.7. The number of hydrogen-bond donors (Lipinski definition) is 0. The van der Waals surface area contributed by atoms with Crippen molar-refractivity contribution in [2.24, 2.45) is 0 Å². The lowest BCUT2D eigenvalue weighted by molar-refractivity contribution is -0.870. The normalized spacial score (nSPS) is 13.3. The van der Waals surface area contributed by atoms with Crippen LogP contribution in [0.1, 0.15) is 354 Å². The second kappa shape index (κ2) is 62.8. The Morgan fingerprint density at radius 1 is 0.383 bits per heavy atom. The van der Waals surface area contributed by atoms with Crippen molar-refractivity contribution < 1.29 is 42.1 Å². The highest BCUT2D eigenvalue weighted by atomic mass is 31.2. The fraction of sp³-hybridized carbons (Fsp3) is 0.887. The fourth-order valence-electron chi connectivity index (χ4n) is 10.5. The molecule has 0 spiro atoms. The van der Waals surface area contributed by atoms with Crippen LogP contribution >= 0.6 is 7.82 Å². The topological polar surface area (TPSA) is 111 Å². The number of carbonyl (C=O) groups is 2. The summed E-state index contributed by atoms with van der Waals surface area (Å²) in [5, 5.41) is 0. The van der Waals surface area contributed by atoms with Crippen molar-refractivity contribution in [1.29, 1.82) is 0 Å². The summed E-state index contributed by atoms with van der Waals surface area (Å²) in [5.41, 5.74) is 0. The summed E-state index contributed by atoms with van der Waals surface area (Å²) in [6.07, 6.45) is 79.5. The van der Waals surface area contributed by atoms with E-state index in [9.17, 15) is 19.0 Å². The largest absolute Gasteiger partial charge is 0.756 e. The highest BCUT2D eigenvalue weighted by Gasteiger charge is 2.22. The summed E-state index contributed by atoms with van der Waals surface area (Å²) >= 11 is 0. The summed E-state index contributed by atoms with van der Waals surface area (Å²) < 4.78 is 34.3. The smallest absolute Gasteiger partial charge is 0.306 e. The third kappa shape index (κ3) is 67.2. The number of esters is 2. The third-order valence-corrected chi connectivity index (χ3v) is 16.9. The Morgan fingerprint density at radius 2 is 0.667 bits per heavy atom. The number of carbonyl (C=O) groups excluding carboxylic acids is 2. The molecule has 2 unspecified atom stereocenters. The summed E-state index contributed by atoms with van der Waals surface area (Å²) in [6.45, 7) is 4.29. The Hall–Kier alpha value is -1.77. The van der Waals surface area contributed by atoms with Crippen LogP contribution in [0.2, 0.25) is 0 Å². The van der Waals surface area contributed by atoms with Gasteiger partial charge >= 0.3 is 11.9 Å². The predicted octanol–water partition coefficient (Wildman–Crippen LogP) is 22.0. The van der Waals surface area contributed by atoms with Crippen LogP contribution < -0.4 is 4.89 Å². The van der Waals surface area contributed by atoms with Crippen molar-refractivity contribution >= 4 is 19.8 Å². The zero-order valence-electron chi connectivity index (χ0n) is 54.5. The number of rotatable bonds is 66. The molecule has 0 aromatic rings. The molecular weight excluding hydrogens is 1030 g/mol. The highest BCUT2D eigenvalue weighted by molar-refractivity contribution is 7.45. The maximum Gasteiger partial charge on any atom is 0.306 e. The number of ether oxygens (including phenoxy) is 2. The van der Waals surface area contributed by atoms with Crippen LogP contribution in [0.25, 0.3) is 0 Å². The van der Waals surface area contributed by atoms with Gasteiger partial charge < -0.3 is 27.9 Å². The Bertz CT molecular complexity index is 1460. The van der Waals surface area contributed by atoms with E-state index in [0.29, 0.717) is 17.4 Å². The van der Waals surface area contributed by atoms with E-state index in [1.54, 1.807) is 0 Å². The van der Waals surface area contributed by atoms with Gasteiger partial charge in [-0.15, -0.1) is 0 Å². The zero-order chi connectivity index (χ0) is 59.1. The first-order chi connectivity index (χ1) is 39.5. The number of hydrogen-bond acceptors (Lipinski definition) is 8. The molecule has 81 heavy (non-hydrogen) atoms. The van der Waals surface area contributed by atoms with Gasteiger partial charge in [-0.2, -0.15) is 0 Å². The molecule has 0 fully saturated rings. The molecule has 10 heteroatoms. The third-order valence-electron chi connectivity index (χ3n) is 15.9. The SMILES string of the molecule is CCCCCCC/C=C\C/C=C\C/C=C\CCCCCCCCCCCCC(=O)OC(COC(=O)CCCCCCCCCCCCCCCCCCCCCCCCCCCCCCCCCC)COP(=O)([O-])OCC[N+](C)(C)C. The Kier molecular flexibility index (Phi) is 61.4. The molecule has 0 bridgehead atoms. The standard InChI is InChI=1S/C71H136NO8P/c1-6-8-10-12-14-16-18-20-22-24-26-28-30-32-33-34-35-36-37-38-40-41-43-45-47-49-51-53-55-57-59-61-63-70(73)77-67-69(68-79-81(75,76)78-66-65-72(3,4)5)80-71(74)64-62-60-58-56-54-52-50-48-46-44-42-39-31-29-27-25-23-21-19-17-15-13-11-9-7-2/h19,21,25,27,31,39,69H,6-18,20,22-24,26,28-30,32-38,40-68H2,1-5H3/b21-19-,27-25-,39-31-. The van der Waals surface area contributed by atoms with Gasteiger partial charge in [0.15, 0.2) is 6.10 Å². The van der Waals surface area contributed by atoms with Crippen molar-refractivity contribution in [2.75, 3.05) is 47.5 Å². The van der Waals surface area contributed by atoms with Crippen LogP contribution in [0.5, 0.6) is 0 Å². The summed E-state index contributed by atoms with van der Waals surface area (Å²) in [4.78, 5) is 38.0. The molecule has 0 heterocycles. The number of unbranched alkanes of at least 4 members (excludes halogenated alkanes) is 46. The number of quaternary nitrogens is 1. The summed E-state index contributed by atoms with van der Waals surface area (Å²) in [5.74, 6) is -0.819. The van der Waals surface area contributed by atoms with E-state index in [4.69, 9.17) is 18.5 Å². The van der Waals surface area contributed by atoms with Crippen molar-refractivity contribution in [2.45, 2.75) is 360 Å². The quantitative estimate of drug-likeness (QED) is 0.0195. The minimum Gasteiger partial charge on any atom is -0.756 e. The van der Waals surface area contributed by atoms with Crippen LogP contribution in [0.4, 0.5) is 0 Å². The molecule has 0 radical (unpaired) electrons. The number of phosphoric ester groups is 1. The van der Waals surface area contributed by atoms with E-state index < -0.39 is 26.5 Å². The molecule has 2 atom stereocenters. The molecule has 0 aliphatic carbocycles. The first-order valence-electron chi connectivity index (χ1n) is 35.2. The highest BCUT2D eigenvalue weighted by Crippen LogP contribution is 2.38. The van der Waals surface area contributed by atoms with Gasteiger partial charge in [-0.05, 0) is 51.4 Å². The average molecular weight is 1160 g/mol. The van der Waals surface area contributed by atoms with Gasteiger partial charge in [-0.3, -0.25) is 14.2 Å². The van der Waals surface area contributed by atoms with Gasteiger partial charge in [0.2, 0.25) is 0 Å². The monoisotopic (exact) mass is 1160 g/mol. The number of allylic oxidation sites excluding steroid dienone is 6. The molecule has 478 valence electrons. The van der Waals surface area contributed by atoms with Crippen LogP contribution in [-0.2, 0) is 32.7 Å². The minimum atomic E-state index is -4.64.